The summed E-state index contributed by atoms with van der Waals surface area (Å²) >= 11 is 0. The minimum absolute atomic E-state index is 0.121. The van der Waals surface area contributed by atoms with Gasteiger partial charge in [0.05, 0.1) is 6.54 Å². The predicted octanol–water partition coefficient (Wildman–Crippen LogP) is 0.444. The Bertz CT molecular complexity index is 167. The van der Waals surface area contributed by atoms with Crippen molar-refractivity contribution in [2.45, 2.75) is 19.8 Å². The summed E-state index contributed by atoms with van der Waals surface area (Å²) in [5, 5.41) is 0. The third-order valence-corrected chi connectivity index (χ3v) is 2.06. The van der Waals surface area contributed by atoms with E-state index >= 15 is 0 Å². The summed E-state index contributed by atoms with van der Waals surface area (Å²) in [5.74, 6) is 0.612. The molecule has 1 heterocycles. The first-order chi connectivity index (χ1) is 5.24. The van der Waals surface area contributed by atoms with Gasteiger partial charge >= 0.3 is 0 Å². The summed E-state index contributed by atoms with van der Waals surface area (Å²) in [7, 11) is 0. The quantitative estimate of drug-likeness (QED) is 0.543. The number of carbonyl (C=O) groups excluding carboxylic acids is 2. The zero-order chi connectivity index (χ0) is 8.27. The molecule has 1 rings (SSSR count). The number of hydrogen-bond acceptors (Lipinski definition) is 2. The largest absolute Gasteiger partial charge is 0.336 e. The molecule has 11 heavy (non-hydrogen) atoms. The van der Waals surface area contributed by atoms with Crippen molar-refractivity contribution in [3.8, 4) is 0 Å². The van der Waals surface area contributed by atoms with Crippen LogP contribution >= 0.6 is 0 Å². The number of aldehydes is 1. The maximum absolute atomic E-state index is 11.2. The van der Waals surface area contributed by atoms with Gasteiger partial charge in [-0.2, -0.15) is 0 Å². The Labute approximate surface area is 66.4 Å². The first kappa shape index (κ1) is 8.24. The molecule has 0 aliphatic carbocycles. The van der Waals surface area contributed by atoms with Gasteiger partial charge in [0.25, 0.3) is 0 Å². The van der Waals surface area contributed by atoms with Crippen LogP contribution in [0.3, 0.4) is 0 Å². The molecule has 1 unspecified atom stereocenters. The number of likely N-dealkylation sites (tertiary alicyclic amines) is 1. The van der Waals surface area contributed by atoms with Crippen LogP contribution in [0.15, 0.2) is 0 Å². The first-order valence-corrected chi connectivity index (χ1v) is 3.95. The molecule has 0 aromatic carbocycles. The van der Waals surface area contributed by atoms with Crippen molar-refractivity contribution in [2.75, 3.05) is 13.1 Å². The van der Waals surface area contributed by atoms with Crippen molar-refractivity contribution in [3.05, 3.63) is 0 Å². The van der Waals surface area contributed by atoms with Gasteiger partial charge in [-0.3, -0.25) is 4.79 Å². The standard InChI is InChI=1S/C8H13NO2/c1-7-2-3-9(4-5-10)8(11)6-7/h5,7H,2-4,6H2,1H3. The molecule has 3 nitrogen and oxygen atoms in total. The van der Waals surface area contributed by atoms with Gasteiger partial charge in [-0.05, 0) is 12.3 Å². The molecule has 1 aliphatic heterocycles. The van der Waals surface area contributed by atoms with E-state index < -0.39 is 0 Å². The molecule has 1 atom stereocenters. The van der Waals surface area contributed by atoms with Crippen molar-refractivity contribution < 1.29 is 9.59 Å². The summed E-state index contributed by atoms with van der Waals surface area (Å²) in [4.78, 5) is 22.9. The Kier molecular flexibility index (Phi) is 2.63. The Hall–Kier alpha value is -0.860. The average molecular weight is 155 g/mol. The third kappa shape index (κ3) is 2.03. The molecule has 62 valence electrons. The van der Waals surface area contributed by atoms with Crippen LogP contribution in [0.5, 0.6) is 0 Å². The zero-order valence-corrected chi connectivity index (χ0v) is 6.75. The lowest BCUT2D eigenvalue weighted by atomic mass is 9.99. The second kappa shape index (κ2) is 3.51. The number of amides is 1. The Morgan fingerprint density at radius 1 is 1.73 bits per heavy atom. The highest BCUT2D eigenvalue weighted by Crippen LogP contribution is 2.16. The van der Waals surface area contributed by atoms with Crippen LogP contribution in [0, 0.1) is 5.92 Å². The van der Waals surface area contributed by atoms with E-state index in [-0.39, 0.29) is 12.5 Å². The summed E-state index contributed by atoms with van der Waals surface area (Å²) in [6.45, 7) is 3.08. The zero-order valence-electron chi connectivity index (χ0n) is 6.75. The molecular weight excluding hydrogens is 142 g/mol. The van der Waals surface area contributed by atoms with Gasteiger partial charge < -0.3 is 9.69 Å². The Morgan fingerprint density at radius 3 is 3.00 bits per heavy atom. The highest BCUT2D eigenvalue weighted by atomic mass is 16.2. The lowest BCUT2D eigenvalue weighted by molar-refractivity contribution is -0.136. The molecule has 1 amide bonds. The van der Waals surface area contributed by atoms with E-state index in [9.17, 15) is 9.59 Å². The highest BCUT2D eigenvalue weighted by Gasteiger charge is 2.21. The third-order valence-electron chi connectivity index (χ3n) is 2.06. The summed E-state index contributed by atoms with van der Waals surface area (Å²) in [6.07, 6.45) is 2.42. The maximum Gasteiger partial charge on any atom is 0.223 e. The van der Waals surface area contributed by atoms with Gasteiger partial charge in [0.2, 0.25) is 5.91 Å². The molecule has 3 heteroatoms. The molecule has 0 aromatic rings. The Balaban J connectivity index is 2.43. The second-order valence-electron chi connectivity index (χ2n) is 3.10. The first-order valence-electron chi connectivity index (χ1n) is 3.95. The van der Waals surface area contributed by atoms with Crippen molar-refractivity contribution in [1.29, 1.82) is 0 Å². The van der Waals surface area contributed by atoms with Crippen LogP contribution < -0.4 is 0 Å². The molecule has 0 saturated carbocycles. The van der Waals surface area contributed by atoms with Crippen LogP contribution in [-0.2, 0) is 9.59 Å². The van der Waals surface area contributed by atoms with Crippen LogP contribution in [0.4, 0.5) is 0 Å². The average Bonchev–Trinajstić information content (AvgIpc) is 1.95. The topological polar surface area (TPSA) is 37.4 Å². The van der Waals surface area contributed by atoms with Gasteiger partial charge in [0.15, 0.2) is 0 Å². The predicted molar refractivity (Wildman–Crippen MR) is 41.0 cm³/mol. The molecule has 0 spiro atoms. The molecule has 0 radical (unpaired) electrons. The monoisotopic (exact) mass is 155 g/mol. The lowest BCUT2D eigenvalue weighted by Crippen LogP contribution is -2.39. The van der Waals surface area contributed by atoms with E-state index in [4.69, 9.17) is 0 Å². The molecule has 1 fully saturated rings. The van der Waals surface area contributed by atoms with Crippen LogP contribution in [0.1, 0.15) is 19.8 Å². The molecular formula is C8H13NO2. The van der Waals surface area contributed by atoms with Gasteiger partial charge in [0.1, 0.15) is 6.29 Å². The van der Waals surface area contributed by atoms with E-state index in [0.29, 0.717) is 12.3 Å². The molecule has 0 N–H and O–H groups in total. The van der Waals surface area contributed by atoms with E-state index in [1.165, 1.54) is 0 Å². The van der Waals surface area contributed by atoms with Crippen molar-refractivity contribution >= 4 is 12.2 Å². The van der Waals surface area contributed by atoms with E-state index in [2.05, 4.69) is 6.92 Å². The van der Waals surface area contributed by atoms with Crippen LogP contribution in [-0.4, -0.2) is 30.2 Å². The fourth-order valence-electron chi connectivity index (χ4n) is 1.31. The van der Waals surface area contributed by atoms with Crippen LogP contribution in [0.2, 0.25) is 0 Å². The molecule has 0 aromatic heterocycles. The van der Waals surface area contributed by atoms with Crippen molar-refractivity contribution in [2.24, 2.45) is 5.92 Å². The summed E-state index contributed by atoms with van der Waals surface area (Å²) < 4.78 is 0. The SMILES string of the molecule is CC1CCN(CC=O)C(=O)C1. The highest BCUT2D eigenvalue weighted by molar-refractivity contribution is 5.79. The van der Waals surface area contributed by atoms with Crippen LogP contribution in [0.25, 0.3) is 0 Å². The minimum atomic E-state index is 0.121. The van der Waals surface area contributed by atoms with Gasteiger partial charge in [-0.1, -0.05) is 6.92 Å². The number of carbonyl (C=O) groups is 2. The lowest BCUT2D eigenvalue weighted by Gasteiger charge is -2.28. The number of rotatable bonds is 2. The number of piperidine rings is 1. The number of hydrogen-bond donors (Lipinski definition) is 0. The van der Waals surface area contributed by atoms with Crippen molar-refractivity contribution in [3.63, 3.8) is 0 Å². The Morgan fingerprint density at radius 2 is 2.45 bits per heavy atom. The van der Waals surface area contributed by atoms with Gasteiger partial charge in [0, 0.05) is 13.0 Å². The van der Waals surface area contributed by atoms with Crippen molar-refractivity contribution in [1.82, 2.24) is 4.90 Å². The van der Waals surface area contributed by atoms with E-state index in [1.807, 2.05) is 0 Å². The maximum atomic E-state index is 11.2. The summed E-state index contributed by atoms with van der Waals surface area (Å²) in [6, 6.07) is 0. The van der Waals surface area contributed by atoms with Gasteiger partial charge in [-0.25, -0.2) is 0 Å². The minimum Gasteiger partial charge on any atom is -0.336 e. The van der Waals surface area contributed by atoms with Gasteiger partial charge in [-0.15, -0.1) is 0 Å². The molecule has 1 saturated heterocycles. The fourth-order valence-corrected chi connectivity index (χ4v) is 1.31. The second-order valence-corrected chi connectivity index (χ2v) is 3.10. The number of nitrogens with zero attached hydrogens (tertiary/aromatic N) is 1. The molecule has 1 aliphatic rings. The fraction of sp³-hybridized carbons (Fsp3) is 0.750. The smallest absolute Gasteiger partial charge is 0.223 e. The van der Waals surface area contributed by atoms with E-state index in [1.54, 1.807) is 4.90 Å². The van der Waals surface area contributed by atoms with E-state index in [0.717, 1.165) is 19.3 Å². The normalized spacial score (nSPS) is 25.4. The molecule has 0 bridgehead atoms. The summed E-state index contributed by atoms with van der Waals surface area (Å²) in [5.41, 5.74) is 0.